The molecule has 0 aromatic carbocycles. The van der Waals surface area contributed by atoms with E-state index in [0.29, 0.717) is 22.8 Å². The lowest BCUT2D eigenvalue weighted by Gasteiger charge is -2.09. The fraction of sp³-hybridized carbons (Fsp3) is 0.250. The molecule has 1 heterocycles. The summed E-state index contributed by atoms with van der Waals surface area (Å²) >= 11 is 0. The van der Waals surface area contributed by atoms with Gasteiger partial charge in [0.25, 0.3) is 5.78 Å². The van der Waals surface area contributed by atoms with Crippen molar-refractivity contribution in [2.75, 3.05) is 0 Å². The molecule has 2 aliphatic rings. The Balaban J connectivity index is 2.49. The summed E-state index contributed by atoms with van der Waals surface area (Å²) in [4.78, 5) is 22.0. The molecule has 0 saturated carbocycles. The van der Waals surface area contributed by atoms with Crippen LogP contribution < -0.4 is 0 Å². The summed E-state index contributed by atoms with van der Waals surface area (Å²) in [6.45, 7) is 0. The van der Waals surface area contributed by atoms with Crippen molar-refractivity contribution in [2.24, 2.45) is 0 Å². The molecule has 1 aliphatic carbocycles. The Morgan fingerprint density at radius 2 is 2.17 bits per heavy atom. The molecule has 0 bridgehead atoms. The highest BCUT2D eigenvalue weighted by atomic mass is 16.5. The van der Waals surface area contributed by atoms with Crippen molar-refractivity contribution in [3.8, 4) is 0 Å². The number of allylic oxidation sites excluding steroid dienone is 2. The quantitative estimate of drug-likeness (QED) is 0.417. The smallest absolute Gasteiger partial charge is 0.283 e. The monoisotopic (exact) mass is 165 g/mol. The Morgan fingerprint density at radius 1 is 1.42 bits per heavy atom. The van der Waals surface area contributed by atoms with Crippen LogP contribution in [0.2, 0.25) is 0 Å². The van der Waals surface area contributed by atoms with Crippen molar-refractivity contribution >= 4 is 11.7 Å². The van der Waals surface area contributed by atoms with Gasteiger partial charge in [-0.05, 0) is 18.9 Å². The first-order chi connectivity index (χ1) is 5.72. The van der Waals surface area contributed by atoms with Crippen LogP contribution in [0.4, 0.5) is 0 Å². The van der Waals surface area contributed by atoms with Gasteiger partial charge in [0.1, 0.15) is 0 Å². The Bertz CT molecular complexity index is 327. The largest absolute Gasteiger partial charge is 0.322 e. The van der Waals surface area contributed by atoms with Gasteiger partial charge in [-0.3, -0.25) is 14.8 Å². The third-order valence-corrected chi connectivity index (χ3v) is 2.03. The normalized spacial score (nSPS) is 22.2. The fourth-order valence-electron chi connectivity index (χ4n) is 1.41. The minimum atomic E-state index is -0.841. The first-order valence-electron chi connectivity index (χ1n) is 3.69. The van der Waals surface area contributed by atoms with Gasteiger partial charge in [0, 0.05) is 5.57 Å². The van der Waals surface area contributed by atoms with Crippen LogP contribution in [0, 0.1) is 0 Å². The third-order valence-electron chi connectivity index (χ3n) is 2.03. The Hall–Kier alpha value is -1.42. The highest BCUT2D eigenvalue weighted by Gasteiger charge is 2.36. The lowest BCUT2D eigenvalue weighted by Crippen LogP contribution is -2.24. The zero-order valence-corrected chi connectivity index (χ0v) is 6.28. The standard InChI is InChI=1S/C8H7NO3/c10-7-5-3-1-2-4-6(5)9(12)8(7)11/h2,4,12H,1,3H2. The Morgan fingerprint density at radius 3 is 2.83 bits per heavy atom. The van der Waals surface area contributed by atoms with Crippen LogP contribution in [-0.4, -0.2) is 22.0 Å². The average molecular weight is 165 g/mol. The minimum absolute atomic E-state index is 0.344. The van der Waals surface area contributed by atoms with E-state index in [2.05, 4.69) is 0 Å². The lowest BCUT2D eigenvalue weighted by atomic mass is 10.0. The molecule has 0 unspecified atom stereocenters. The maximum Gasteiger partial charge on any atom is 0.322 e. The molecular weight excluding hydrogens is 158 g/mol. The Labute approximate surface area is 68.7 Å². The number of nitrogens with zero attached hydrogens (tertiary/aromatic N) is 1. The lowest BCUT2D eigenvalue weighted by molar-refractivity contribution is -0.158. The molecule has 0 atom stereocenters. The van der Waals surface area contributed by atoms with Crippen LogP contribution >= 0.6 is 0 Å². The average Bonchev–Trinajstić information content (AvgIpc) is 2.33. The molecule has 1 N–H and O–H groups in total. The number of hydrogen-bond donors (Lipinski definition) is 1. The van der Waals surface area contributed by atoms with Crippen molar-refractivity contribution < 1.29 is 14.8 Å². The predicted molar refractivity (Wildman–Crippen MR) is 39.0 cm³/mol. The molecule has 0 aromatic heterocycles. The molecule has 12 heavy (non-hydrogen) atoms. The van der Waals surface area contributed by atoms with Crippen molar-refractivity contribution in [3.63, 3.8) is 0 Å². The molecule has 0 radical (unpaired) electrons. The number of Topliss-reactive ketones (excluding diaryl/α,β-unsaturated/α-hetero) is 1. The summed E-state index contributed by atoms with van der Waals surface area (Å²) in [6.07, 6.45) is 4.73. The second-order valence-electron chi connectivity index (χ2n) is 2.75. The predicted octanol–water partition coefficient (Wildman–Crippen LogP) is 0.391. The van der Waals surface area contributed by atoms with Crippen LogP contribution in [0.1, 0.15) is 12.8 Å². The van der Waals surface area contributed by atoms with E-state index in [1.807, 2.05) is 6.08 Å². The van der Waals surface area contributed by atoms with Crippen molar-refractivity contribution in [3.05, 3.63) is 23.4 Å². The molecule has 0 aromatic rings. The van der Waals surface area contributed by atoms with Gasteiger partial charge < -0.3 is 0 Å². The van der Waals surface area contributed by atoms with E-state index in [-0.39, 0.29) is 0 Å². The summed E-state index contributed by atoms with van der Waals surface area (Å²) in [5.41, 5.74) is 0.779. The zero-order valence-electron chi connectivity index (χ0n) is 6.28. The van der Waals surface area contributed by atoms with Gasteiger partial charge in [0.05, 0.1) is 5.70 Å². The first-order valence-corrected chi connectivity index (χ1v) is 3.69. The van der Waals surface area contributed by atoms with Gasteiger partial charge in [-0.25, -0.2) is 0 Å². The van der Waals surface area contributed by atoms with Gasteiger partial charge in [0.2, 0.25) is 0 Å². The second kappa shape index (κ2) is 2.28. The molecule has 1 amide bonds. The topological polar surface area (TPSA) is 57.6 Å². The van der Waals surface area contributed by atoms with Crippen LogP contribution in [0.15, 0.2) is 23.4 Å². The molecule has 4 heteroatoms. The number of carbonyl (C=O) groups excluding carboxylic acids is 2. The van der Waals surface area contributed by atoms with Crippen molar-refractivity contribution in [2.45, 2.75) is 12.8 Å². The third kappa shape index (κ3) is 0.753. The van der Waals surface area contributed by atoms with E-state index in [9.17, 15) is 9.59 Å². The van der Waals surface area contributed by atoms with E-state index in [4.69, 9.17) is 5.21 Å². The van der Waals surface area contributed by atoms with Crippen molar-refractivity contribution in [1.82, 2.24) is 5.06 Å². The van der Waals surface area contributed by atoms with Crippen LogP contribution in [0.5, 0.6) is 0 Å². The number of rotatable bonds is 0. The molecule has 0 fully saturated rings. The minimum Gasteiger partial charge on any atom is -0.283 e. The number of ketones is 1. The van der Waals surface area contributed by atoms with E-state index in [0.717, 1.165) is 6.42 Å². The fourth-order valence-corrected chi connectivity index (χ4v) is 1.41. The van der Waals surface area contributed by atoms with E-state index in [1.165, 1.54) is 0 Å². The summed E-state index contributed by atoms with van der Waals surface area (Å²) in [5.74, 6) is -1.41. The first kappa shape index (κ1) is 7.24. The molecule has 4 nitrogen and oxygen atoms in total. The zero-order chi connectivity index (χ0) is 8.72. The van der Waals surface area contributed by atoms with Crippen molar-refractivity contribution in [1.29, 1.82) is 0 Å². The molecular formula is C8H7NO3. The van der Waals surface area contributed by atoms with Crippen LogP contribution in [0.25, 0.3) is 0 Å². The Kier molecular flexibility index (Phi) is 1.38. The molecule has 62 valence electrons. The maximum absolute atomic E-state index is 11.1. The van der Waals surface area contributed by atoms with Gasteiger partial charge in [0.15, 0.2) is 0 Å². The van der Waals surface area contributed by atoms with Crippen LogP contribution in [0.3, 0.4) is 0 Å². The SMILES string of the molecule is O=C1C(=O)N(O)C2=C1CCC=C2. The van der Waals surface area contributed by atoms with Gasteiger partial charge in [-0.1, -0.05) is 6.08 Å². The van der Waals surface area contributed by atoms with E-state index in [1.54, 1.807) is 6.08 Å². The van der Waals surface area contributed by atoms with Gasteiger partial charge >= 0.3 is 5.91 Å². The maximum atomic E-state index is 11.1. The molecule has 2 rings (SSSR count). The summed E-state index contributed by atoms with van der Waals surface area (Å²) in [5, 5.41) is 9.54. The summed E-state index contributed by atoms with van der Waals surface area (Å²) < 4.78 is 0. The van der Waals surface area contributed by atoms with E-state index >= 15 is 0 Å². The summed E-state index contributed by atoms with van der Waals surface area (Å²) in [7, 11) is 0. The summed E-state index contributed by atoms with van der Waals surface area (Å²) in [6, 6.07) is 0. The number of hydroxylamine groups is 2. The number of hydrogen-bond acceptors (Lipinski definition) is 3. The van der Waals surface area contributed by atoms with Gasteiger partial charge in [-0.15, -0.1) is 0 Å². The molecule has 0 saturated heterocycles. The number of amides is 1. The highest BCUT2D eigenvalue weighted by molar-refractivity contribution is 6.45. The highest BCUT2D eigenvalue weighted by Crippen LogP contribution is 2.27. The van der Waals surface area contributed by atoms with Crippen LogP contribution in [-0.2, 0) is 9.59 Å². The molecule has 1 aliphatic heterocycles. The van der Waals surface area contributed by atoms with E-state index < -0.39 is 11.7 Å². The molecule has 0 spiro atoms. The second-order valence-corrected chi connectivity index (χ2v) is 2.75. The number of carbonyl (C=O) groups is 2. The van der Waals surface area contributed by atoms with Gasteiger partial charge in [-0.2, -0.15) is 5.06 Å².